The summed E-state index contributed by atoms with van der Waals surface area (Å²) < 4.78 is 6.77. The number of nitrogens with two attached hydrogens (primary N) is 1. The van der Waals surface area contributed by atoms with E-state index in [0.29, 0.717) is 5.95 Å². The van der Waals surface area contributed by atoms with Crippen LogP contribution < -0.4 is 15.8 Å². The van der Waals surface area contributed by atoms with Gasteiger partial charge in [-0.25, -0.2) is 4.68 Å². The van der Waals surface area contributed by atoms with E-state index in [0.717, 1.165) is 0 Å². The summed E-state index contributed by atoms with van der Waals surface area (Å²) in [6.07, 6.45) is 1.46. The molecular weight excluding hydrogens is 262 g/mol. The summed E-state index contributed by atoms with van der Waals surface area (Å²) in [5.41, 5.74) is 5.28. The lowest BCUT2D eigenvalue weighted by Crippen LogP contribution is -2.15. The van der Waals surface area contributed by atoms with E-state index in [-0.39, 0.29) is 23.8 Å². The molecule has 1 amide bonds. The fourth-order valence-corrected chi connectivity index (χ4v) is 1.39. The fraction of sp³-hybridized carbons (Fsp3) is 0.364. The van der Waals surface area contributed by atoms with Crippen molar-refractivity contribution < 1.29 is 9.53 Å². The van der Waals surface area contributed by atoms with E-state index in [2.05, 4.69) is 25.4 Å². The van der Waals surface area contributed by atoms with E-state index in [1.165, 1.54) is 16.9 Å². The zero-order valence-electron chi connectivity index (χ0n) is 11.4. The zero-order chi connectivity index (χ0) is 14.7. The van der Waals surface area contributed by atoms with Crippen molar-refractivity contribution in [3.05, 3.63) is 18.0 Å². The Morgan fingerprint density at radius 2 is 2.15 bits per heavy atom. The molecule has 3 N–H and O–H groups in total. The minimum absolute atomic E-state index is 0.0752. The molecule has 0 saturated heterocycles. The number of nitrogens with one attached hydrogen (secondary N) is 1. The number of hydrogen-bond donors (Lipinski definition) is 2. The summed E-state index contributed by atoms with van der Waals surface area (Å²) in [5.74, 6) is -0.0559. The third-order valence-electron chi connectivity index (χ3n) is 2.21. The molecule has 0 aromatic carbocycles. The Labute approximate surface area is 115 Å². The number of primary amides is 1. The van der Waals surface area contributed by atoms with Crippen molar-refractivity contribution in [2.45, 2.75) is 20.0 Å². The molecule has 0 aliphatic heterocycles. The summed E-state index contributed by atoms with van der Waals surface area (Å²) in [4.78, 5) is 23.4. The number of amides is 1. The third kappa shape index (κ3) is 2.99. The van der Waals surface area contributed by atoms with Crippen LogP contribution in [0.4, 0.5) is 5.95 Å². The van der Waals surface area contributed by atoms with E-state index in [4.69, 9.17) is 10.5 Å². The van der Waals surface area contributed by atoms with Gasteiger partial charge >= 0.3 is 6.01 Å². The molecule has 106 valence electrons. The second kappa shape index (κ2) is 5.51. The number of hydrogen-bond acceptors (Lipinski definition) is 7. The molecular formula is C11H15N7O2. The monoisotopic (exact) mass is 277 g/mol. The number of rotatable bonds is 5. The van der Waals surface area contributed by atoms with Crippen molar-refractivity contribution in [2.75, 3.05) is 12.4 Å². The highest BCUT2D eigenvalue weighted by Crippen LogP contribution is 2.12. The minimum Gasteiger partial charge on any atom is -0.461 e. The van der Waals surface area contributed by atoms with Crippen molar-refractivity contribution in [1.29, 1.82) is 0 Å². The minimum atomic E-state index is -0.620. The standard InChI is InChI=1S/C11H15N7O2/c1-6(2)20-11-15-9(13-3)14-10(16-11)18-5-4-7(17-18)8(12)19/h4-6H,1-3H3,(H2,12,19)(H,13,14,15,16). The summed E-state index contributed by atoms with van der Waals surface area (Å²) in [6.45, 7) is 3.73. The molecule has 2 aromatic rings. The molecule has 2 heterocycles. The molecule has 9 nitrogen and oxygen atoms in total. The maximum atomic E-state index is 11.0. The smallest absolute Gasteiger partial charge is 0.323 e. The lowest BCUT2D eigenvalue weighted by molar-refractivity contribution is 0.0995. The predicted molar refractivity (Wildman–Crippen MR) is 70.8 cm³/mol. The highest BCUT2D eigenvalue weighted by molar-refractivity contribution is 5.90. The molecule has 0 radical (unpaired) electrons. The Hall–Kier alpha value is -2.71. The van der Waals surface area contributed by atoms with E-state index >= 15 is 0 Å². The lowest BCUT2D eigenvalue weighted by Gasteiger charge is -2.09. The molecule has 20 heavy (non-hydrogen) atoms. The number of aromatic nitrogens is 5. The van der Waals surface area contributed by atoms with Gasteiger partial charge in [0.05, 0.1) is 6.10 Å². The summed E-state index contributed by atoms with van der Waals surface area (Å²) in [6, 6.07) is 1.65. The Bertz CT molecular complexity index is 623. The van der Waals surface area contributed by atoms with Crippen molar-refractivity contribution in [2.24, 2.45) is 5.73 Å². The Morgan fingerprint density at radius 1 is 1.40 bits per heavy atom. The molecule has 0 aliphatic rings. The predicted octanol–water partition coefficient (Wildman–Crippen LogP) is -0.0149. The SMILES string of the molecule is CNc1nc(OC(C)C)nc(-n2ccc(C(N)=O)n2)n1. The largest absolute Gasteiger partial charge is 0.461 e. The van der Waals surface area contributed by atoms with Crippen LogP contribution in [0.25, 0.3) is 5.95 Å². The first-order chi connectivity index (χ1) is 9.49. The van der Waals surface area contributed by atoms with E-state index in [9.17, 15) is 4.79 Å². The van der Waals surface area contributed by atoms with Gasteiger partial charge in [-0.1, -0.05) is 0 Å². The first kappa shape index (κ1) is 13.7. The van der Waals surface area contributed by atoms with Gasteiger partial charge in [0.15, 0.2) is 0 Å². The molecule has 0 bridgehead atoms. The van der Waals surface area contributed by atoms with Gasteiger partial charge in [-0.15, -0.1) is 0 Å². The molecule has 2 aromatic heterocycles. The first-order valence-electron chi connectivity index (χ1n) is 5.96. The van der Waals surface area contributed by atoms with Gasteiger partial charge in [0.25, 0.3) is 11.9 Å². The van der Waals surface area contributed by atoms with Crippen molar-refractivity contribution in [3.63, 3.8) is 0 Å². The van der Waals surface area contributed by atoms with Gasteiger partial charge in [-0.05, 0) is 19.9 Å². The van der Waals surface area contributed by atoms with Crippen LogP contribution in [0.2, 0.25) is 0 Å². The molecule has 0 aliphatic carbocycles. The molecule has 0 saturated carbocycles. The van der Waals surface area contributed by atoms with Gasteiger partial charge in [0.1, 0.15) is 5.69 Å². The van der Waals surface area contributed by atoms with Crippen LogP contribution in [0.15, 0.2) is 12.3 Å². The maximum absolute atomic E-state index is 11.0. The van der Waals surface area contributed by atoms with E-state index in [1.54, 1.807) is 7.05 Å². The van der Waals surface area contributed by atoms with Gasteiger partial charge < -0.3 is 15.8 Å². The maximum Gasteiger partial charge on any atom is 0.323 e. The highest BCUT2D eigenvalue weighted by atomic mass is 16.5. The molecule has 9 heteroatoms. The molecule has 0 fully saturated rings. The second-order valence-electron chi connectivity index (χ2n) is 4.17. The topological polar surface area (TPSA) is 121 Å². The third-order valence-corrected chi connectivity index (χ3v) is 2.21. The van der Waals surface area contributed by atoms with Crippen LogP contribution >= 0.6 is 0 Å². The van der Waals surface area contributed by atoms with Crippen LogP contribution in [0.1, 0.15) is 24.3 Å². The Morgan fingerprint density at radius 3 is 2.70 bits per heavy atom. The molecule has 0 spiro atoms. The number of nitrogens with zero attached hydrogens (tertiary/aromatic N) is 5. The normalized spacial score (nSPS) is 10.6. The molecule has 0 atom stereocenters. The second-order valence-corrected chi connectivity index (χ2v) is 4.17. The summed E-state index contributed by atoms with van der Waals surface area (Å²) in [5, 5.41) is 6.79. The highest BCUT2D eigenvalue weighted by Gasteiger charge is 2.12. The number of carbonyl (C=O) groups excluding carboxylic acids is 1. The average Bonchev–Trinajstić information content (AvgIpc) is 2.87. The van der Waals surface area contributed by atoms with Gasteiger partial charge in [0, 0.05) is 13.2 Å². The number of carbonyl (C=O) groups is 1. The fourth-order valence-electron chi connectivity index (χ4n) is 1.39. The van der Waals surface area contributed by atoms with Crippen LogP contribution in [0.3, 0.4) is 0 Å². The van der Waals surface area contributed by atoms with Crippen LogP contribution in [0.5, 0.6) is 6.01 Å². The van der Waals surface area contributed by atoms with E-state index < -0.39 is 5.91 Å². The van der Waals surface area contributed by atoms with Gasteiger partial charge in [-0.2, -0.15) is 20.1 Å². The molecule has 2 rings (SSSR count). The van der Waals surface area contributed by atoms with Gasteiger partial charge in [-0.3, -0.25) is 4.79 Å². The van der Waals surface area contributed by atoms with Crippen molar-refractivity contribution in [3.8, 4) is 12.0 Å². The first-order valence-corrected chi connectivity index (χ1v) is 5.96. The lowest BCUT2D eigenvalue weighted by atomic mass is 10.4. The number of ether oxygens (including phenoxy) is 1. The van der Waals surface area contributed by atoms with Crippen molar-refractivity contribution in [1.82, 2.24) is 24.7 Å². The zero-order valence-corrected chi connectivity index (χ0v) is 11.4. The summed E-state index contributed by atoms with van der Waals surface area (Å²) in [7, 11) is 1.68. The van der Waals surface area contributed by atoms with Crippen LogP contribution in [-0.2, 0) is 0 Å². The Balaban J connectivity index is 2.40. The van der Waals surface area contributed by atoms with Crippen LogP contribution in [-0.4, -0.2) is 43.8 Å². The van der Waals surface area contributed by atoms with E-state index in [1.807, 2.05) is 13.8 Å². The summed E-state index contributed by atoms with van der Waals surface area (Å²) >= 11 is 0. The van der Waals surface area contributed by atoms with Crippen molar-refractivity contribution >= 4 is 11.9 Å². The average molecular weight is 277 g/mol. The number of anilines is 1. The molecule has 0 unspecified atom stereocenters. The quantitative estimate of drug-likeness (QED) is 0.788. The van der Waals surface area contributed by atoms with Gasteiger partial charge in [0.2, 0.25) is 5.95 Å². The van der Waals surface area contributed by atoms with Crippen LogP contribution in [0, 0.1) is 0 Å². The Kier molecular flexibility index (Phi) is 3.78.